The highest BCUT2D eigenvalue weighted by Gasteiger charge is 2.08. The first-order valence-corrected chi connectivity index (χ1v) is 6.81. The van der Waals surface area contributed by atoms with Gasteiger partial charge >= 0.3 is 0 Å². The van der Waals surface area contributed by atoms with Crippen molar-refractivity contribution in [3.05, 3.63) is 71.5 Å². The minimum atomic E-state index is 0.654. The number of hydrogen-bond acceptors (Lipinski definition) is 2. The molecule has 0 unspecified atom stereocenters. The summed E-state index contributed by atoms with van der Waals surface area (Å²) in [6.45, 7) is 4.22. The minimum absolute atomic E-state index is 0.654. The number of hydrogen-bond donors (Lipinski definition) is 0. The van der Waals surface area contributed by atoms with Crippen molar-refractivity contribution in [3.63, 3.8) is 0 Å². The van der Waals surface area contributed by atoms with Gasteiger partial charge in [0.2, 0.25) is 0 Å². The van der Waals surface area contributed by atoms with Crippen LogP contribution < -0.4 is 0 Å². The molecule has 0 bridgehead atoms. The molecule has 1 heterocycles. The van der Waals surface area contributed by atoms with Crippen molar-refractivity contribution in [2.75, 3.05) is 0 Å². The normalized spacial score (nSPS) is 10.3. The lowest BCUT2D eigenvalue weighted by molar-refractivity contribution is 0.880. The van der Waals surface area contributed by atoms with E-state index in [1.807, 2.05) is 29.2 Å². The van der Waals surface area contributed by atoms with Crippen LogP contribution in [-0.2, 0) is 0 Å². The van der Waals surface area contributed by atoms with Crippen molar-refractivity contribution in [2.45, 2.75) is 13.8 Å². The van der Waals surface area contributed by atoms with E-state index in [0.29, 0.717) is 5.56 Å². The van der Waals surface area contributed by atoms with Crippen LogP contribution in [0.5, 0.6) is 0 Å². The molecule has 3 nitrogen and oxygen atoms in total. The van der Waals surface area contributed by atoms with Crippen LogP contribution in [0.15, 0.2) is 54.9 Å². The standard InChI is InChI=1S/C18H15N3/c1-13-4-3-5-14(2)18(13)16-11-20-21(12-16)17-8-6-15(10-19)7-9-17/h3-9,11-12H,1-2H3. The quantitative estimate of drug-likeness (QED) is 0.707. The van der Waals surface area contributed by atoms with Gasteiger partial charge < -0.3 is 0 Å². The van der Waals surface area contributed by atoms with E-state index in [-0.39, 0.29) is 0 Å². The molecular weight excluding hydrogens is 258 g/mol. The summed E-state index contributed by atoms with van der Waals surface area (Å²) in [5.41, 5.74) is 6.43. The zero-order valence-corrected chi connectivity index (χ0v) is 12.0. The highest BCUT2D eigenvalue weighted by Crippen LogP contribution is 2.27. The Morgan fingerprint density at radius 2 is 1.67 bits per heavy atom. The monoisotopic (exact) mass is 273 g/mol. The lowest BCUT2D eigenvalue weighted by Gasteiger charge is -2.06. The molecule has 21 heavy (non-hydrogen) atoms. The van der Waals surface area contributed by atoms with Crippen molar-refractivity contribution in [2.24, 2.45) is 0 Å². The molecular formula is C18H15N3. The molecule has 1 aromatic heterocycles. The highest BCUT2D eigenvalue weighted by atomic mass is 15.3. The van der Waals surface area contributed by atoms with Crippen LogP contribution >= 0.6 is 0 Å². The Bertz CT molecular complexity index is 800. The summed E-state index contributed by atoms with van der Waals surface area (Å²) in [7, 11) is 0. The minimum Gasteiger partial charge on any atom is -0.240 e. The third-order valence-electron chi connectivity index (χ3n) is 3.61. The predicted molar refractivity (Wildman–Crippen MR) is 83.2 cm³/mol. The first-order chi connectivity index (χ1) is 10.2. The molecule has 0 aliphatic rings. The summed E-state index contributed by atoms with van der Waals surface area (Å²) >= 11 is 0. The zero-order chi connectivity index (χ0) is 14.8. The van der Waals surface area contributed by atoms with Gasteiger partial charge in [0, 0.05) is 11.8 Å². The van der Waals surface area contributed by atoms with E-state index in [1.165, 1.54) is 16.7 Å². The molecule has 0 spiro atoms. The Morgan fingerprint density at radius 1 is 1.00 bits per heavy atom. The zero-order valence-electron chi connectivity index (χ0n) is 12.0. The van der Waals surface area contributed by atoms with E-state index in [2.05, 4.69) is 43.2 Å². The van der Waals surface area contributed by atoms with Gasteiger partial charge in [-0.25, -0.2) is 4.68 Å². The van der Waals surface area contributed by atoms with Crippen LogP contribution in [0.2, 0.25) is 0 Å². The number of benzene rings is 2. The summed E-state index contributed by atoms with van der Waals surface area (Å²) in [6.07, 6.45) is 3.91. The van der Waals surface area contributed by atoms with Gasteiger partial charge in [0.1, 0.15) is 0 Å². The largest absolute Gasteiger partial charge is 0.240 e. The molecule has 0 radical (unpaired) electrons. The second-order valence-corrected chi connectivity index (χ2v) is 5.10. The SMILES string of the molecule is Cc1cccc(C)c1-c1cnn(-c2ccc(C#N)cc2)c1. The fourth-order valence-corrected chi connectivity index (χ4v) is 2.55. The van der Waals surface area contributed by atoms with Crippen molar-refractivity contribution >= 4 is 0 Å². The van der Waals surface area contributed by atoms with Crippen LogP contribution in [0.25, 0.3) is 16.8 Å². The molecule has 0 atom stereocenters. The second-order valence-electron chi connectivity index (χ2n) is 5.10. The molecule has 102 valence electrons. The molecule has 3 rings (SSSR count). The van der Waals surface area contributed by atoms with Gasteiger partial charge in [0.25, 0.3) is 0 Å². The molecule has 0 amide bonds. The van der Waals surface area contributed by atoms with E-state index in [9.17, 15) is 0 Å². The molecule has 3 heteroatoms. The third kappa shape index (κ3) is 2.44. The van der Waals surface area contributed by atoms with E-state index >= 15 is 0 Å². The summed E-state index contributed by atoms with van der Waals surface area (Å²) in [5.74, 6) is 0. The van der Waals surface area contributed by atoms with Crippen LogP contribution in [0.4, 0.5) is 0 Å². The van der Waals surface area contributed by atoms with E-state index in [0.717, 1.165) is 11.3 Å². The Hall–Kier alpha value is -2.86. The van der Waals surface area contributed by atoms with Gasteiger partial charge in [-0.3, -0.25) is 0 Å². The topological polar surface area (TPSA) is 41.6 Å². The molecule has 0 N–H and O–H groups in total. The molecule has 0 saturated carbocycles. The van der Waals surface area contributed by atoms with E-state index in [1.54, 1.807) is 12.1 Å². The van der Waals surface area contributed by atoms with Crippen LogP contribution in [0, 0.1) is 25.2 Å². The number of nitrogens with zero attached hydrogens (tertiary/aromatic N) is 3. The van der Waals surface area contributed by atoms with Crippen molar-refractivity contribution in [3.8, 4) is 22.9 Å². The summed E-state index contributed by atoms with van der Waals surface area (Å²) in [6, 6.07) is 15.8. The summed E-state index contributed by atoms with van der Waals surface area (Å²) < 4.78 is 1.84. The van der Waals surface area contributed by atoms with E-state index < -0.39 is 0 Å². The fourth-order valence-electron chi connectivity index (χ4n) is 2.55. The van der Waals surface area contributed by atoms with Gasteiger partial charge in [-0.2, -0.15) is 10.4 Å². The van der Waals surface area contributed by atoms with Crippen molar-refractivity contribution in [1.29, 1.82) is 5.26 Å². The third-order valence-corrected chi connectivity index (χ3v) is 3.61. The molecule has 3 aromatic rings. The van der Waals surface area contributed by atoms with Crippen molar-refractivity contribution in [1.82, 2.24) is 9.78 Å². The van der Waals surface area contributed by atoms with Crippen LogP contribution in [-0.4, -0.2) is 9.78 Å². The number of aromatic nitrogens is 2. The highest BCUT2D eigenvalue weighted by molar-refractivity contribution is 5.69. The van der Waals surface area contributed by atoms with Gasteiger partial charge in [0.05, 0.1) is 23.5 Å². The molecule has 0 aliphatic carbocycles. The Labute approximate surface area is 124 Å². The smallest absolute Gasteiger partial charge is 0.0991 e. The molecule has 2 aromatic carbocycles. The maximum Gasteiger partial charge on any atom is 0.0991 e. The van der Waals surface area contributed by atoms with Crippen LogP contribution in [0.3, 0.4) is 0 Å². The maximum atomic E-state index is 8.84. The van der Waals surface area contributed by atoms with Gasteiger partial charge in [0.15, 0.2) is 0 Å². The fraction of sp³-hybridized carbons (Fsp3) is 0.111. The maximum absolute atomic E-state index is 8.84. The number of aryl methyl sites for hydroxylation is 2. The molecule has 0 fully saturated rings. The van der Waals surface area contributed by atoms with Crippen LogP contribution in [0.1, 0.15) is 16.7 Å². The molecule has 0 aliphatic heterocycles. The predicted octanol–water partition coefficient (Wildman–Crippen LogP) is 4.03. The lowest BCUT2D eigenvalue weighted by Crippen LogP contribution is -1.93. The number of rotatable bonds is 2. The summed E-state index contributed by atoms with van der Waals surface area (Å²) in [4.78, 5) is 0. The van der Waals surface area contributed by atoms with Crippen molar-refractivity contribution < 1.29 is 0 Å². The van der Waals surface area contributed by atoms with Gasteiger partial charge in [-0.1, -0.05) is 18.2 Å². The second kappa shape index (κ2) is 5.26. The Balaban J connectivity index is 2.02. The lowest BCUT2D eigenvalue weighted by atomic mass is 9.98. The van der Waals surface area contributed by atoms with Gasteiger partial charge in [-0.15, -0.1) is 0 Å². The number of nitriles is 1. The van der Waals surface area contributed by atoms with E-state index in [4.69, 9.17) is 5.26 Å². The average molecular weight is 273 g/mol. The first-order valence-electron chi connectivity index (χ1n) is 6.81. The first kappa shape index (κ1) is 13.1. The Kier molecular flexibility index (Phi) is 3.29. The average Bonchev–Trinajstić information content (AvgIpc) is 2.97. The van der Waals surface area contributed by atoms with Gasteiger partial charge in [-0.05, 0) is 54.8 Å². The summed E-state index contributed by atoms with van der Waals surface area (Å²) in [5, 5.41) is 13.3. The Morgan fingerprint density at radius 3 is 2.29 bits per heavy atom. The molecule has 0 saturated heterocycles.